The van der Waals surface area contributed by atoms with E-state index in [2.05, 4.69) is 49.2 Å². The molecule has 1 aromatic carbocycles. The Bertz CT molecular complexity index is 1070. The van der Waals surface area contributed by atoms with Crippen LogP contribution >= 0.6 is 0 Å². The van der Waals surface area contributed by atoms with E-state index < -0.39 is 0 Å². The molecule has 6 nitrogen and oxygen atoms in total. The molecule has 0 saturated heterocycles. The van der Waals surface area contributed by atoms with E-state index in [0.717, 1.165) is 35.4 Å². The molecule has 3 heterocycles. The lowest BCUT2D eigenvalue weighted by Crippen LogP contribution is -2.06. The van der Waals surface area contributed by atoms with Crippen molar-refractivity contribution < 1.29 is 0 Å². The van der Waals surface area contributed by atoms with Crippen molar-refractivity contribution in [3.8, 4) is 5.69 Å². The predicted octanol–water partition coefficient (Wildman–Crippen LogP) is 3.31. The summed E-state index contributed by atoms with van der Waals surface area (Å²) in [6.07, 6.45) is 6.65. The summed E-state index contributed by atoms with van der Waals surface area (Å²) in [5.74, 6) is 0.795. The van der Waals surface area contributed by atoms with Crippen LogP contribution in [-0.2, 0) is 19.4 Å². The lowest BCUT2D eigenvalue weighted by molar-refractivity contribution is 0.763. The van der Waals surface area contributed by atoms with Crippen LogP contribution in [0.15, 0.2) is 55.0 Å². The minimum absolute atomic E-state index is 0.642. The Labute approximate surface area is 150 Å². The maximum absolute atomic E-state index is 4.89. The van der Waals surface area contributed by atoms with Crippen LogP contribution < -0.4 is 5.32 Å². The van der Waals surface area contributed by atoms with Crippen LogP contribution in [0.5, 0.6) is 0 Å². The summed E-state index contributed by atoms with van der Waals surface area (Å²) in [5, 5.41) is 9.25. The molecule has 0 aliphatic heterocycles. The minimum Gasteiger partial charge on any atom is -0.364 e. The van der Waals surface area contributed by atoms with E-state index >= 15 is 0 Å². The van der Waals surface area contributed by atoms with Gasteiger partial charge in [-0.25, -0.2) is 19.6 Å². The van der Waals surface area contributed by atoms with E-state index in [1.54, 1.807) is 12.5 Å². The molecule has 0 atom stereocenters. The van der Waals surface area contributed by atoms with Gasteiger partial charge >= 0.3 is 0 Å². The number of hydrogen-bond donors (Lipinski definition) is 1. The molecule has 0 bridgehead atoms. The van der Waals surface area contributed by atoms with Gasteiger partial charge < -0.3 is 5.32 Å². The molecule has 0 amide bonds. The van der Waals surface area contributed by atoms with Crippen molar-refractivity contribution in [2.24, 2.45) is 0 Å². The fourth-order valence-corrected chi connectivity index (χ4v) is 3.64. The Morgan fingerprint density at radius 1 is 0.962 bits per heavy atom. The van der Waals surface area contributed by atoms with Gasteiger partial charge in [0, 0.05) is 11.9 Å². The third kappa shape index (κ3) is 2.50. The summed E-state index contributed by atoms with van der Waals surface area (Å²) in [5.41, 5.74) is 5.62. The van der Waals surface area contributed by atoms with Gasteiger partial charge in [0.25, 0.3) is 0 Å². The molecule has 0 fully saturated rings. The number of para-hydroxylation sites is 1. The van der Waals surface area contributed by atoms with Gasteiger partial charge in [0.1, 0.15) is 12.1 Å². The molecular weight excluding hydrogens is 324 g/mol. The Morgan fingerprint density at radius 3 is 2.81 bits per heavy atom. The van der Waals surface area contributed by atoms with Crippen molar-refractivity contribution >= 4 is 16.9 Å². The number of nitrogens with one attached hydrogen (secondary N) is 1. The SMILES string of the molecule is c1ccc(-n2nc(CNc3ncnc4ncccc34)c3c2CCC3)cc1. The van der Waals surface area contributed by atoms with Crippen LogP contribution in [0.3, 0.4) is 0 Å². The number of aromatic nitrogens is 5. The largest absolute Gasteiger partial charge is 0.364 e. The Kier molecular flexibility index (Phi) is 3.59. The van der Waals surface area contributed by atoms with Gasteiger partial charge in [-0.1, -0.05) is 18.2 Å². The molecular formula is C20H18N6. The van der Waals surface area contributed by atoms with Gasteiger partial charge in [0.15, 0.2) is 5.65 Å². The van der Waals surface area contributed by atoms with Crippen molar-refractivity contribution in [1.29, 1.82) is 0 Å². The van der Waals surface area contributed by atoms with Gasteiger partial charge in [-0.2, -0.15) is 5.10 Å². The number of rotatable bonds is 4. The zero-order chi connectivity index (χ0) is 17.3. The van der Waals surface area contributed by atoms with Crippen LogP contribution in [0.1, 0.15) is 23.4 Å². The Morgan fingerprint density at radius 2 is 1.88 bits per heavy atom. The summed E-state index contributed by atoms with van der Waals surface area (Å²) < 4.78 is 2.10. The third-order valence-corrected chi connectivity index (χ3v) is 4.85. The second kappa shape index (κ2) is 6.22. The molecule has 0 unspecified atom stereocenters. The van der Waals surface area contributed by atoms with E-state index in [1.165, 1.54) is 17.7 Å². The molecule has 0 spiro atoms. The summed E-state index contributed by atoms with van der Waals surface area (Å²) in [4.78, 5) is 12.9. The quantitative estimate of drug-likeness (QED) is 0.616. The highest BCUT2D eigenvalue weighted by Gasteiger charge is 2.23. The molecule has 1 aliphatic rings. The molecule has 0 saturated carbocycles. The summed E-state index contributed by atoms with van der Waals surface area (Å²) >= 11 is 0. The van der Waals surface area contributed by atoms with Crippen molar-refractivity contribution in [3.63, 3.8) is 0 Å². The molecule has 1 N–H and O–H groups in total. The zero-order valence-corrected chi connectivity index (χ0v) is 14.3. The minimum atomic E-state index is 0.642. The first kappa shape index (κ1) is 15.0. The first-order valence-electron chi connectivity index (χ1n) is 8.85. The molecule has 6 heteroatoms. The van der Waals surface area contributed by atoms with Crippen molar-refractivity contribution in [1.82, 2.24) is 24.7 Å². The van der Waals surface area contributed by atoms with Crippen LogP contribution in [0.2, 0.25) is 0 Å². The summed E-state index contributed by atoms with van der Waals surface area (Å²) in [7, 11) is 0. The van der Waals surface area contributed by atoms with Crippen LogP contribution in [0.4, 0.5) is 5.82 Å². The fraction of sp³-hybridized carbons (Fsp3) is 0.200. The van der Waals surface area contributed by atoms with Gasteiger partial charge in [-0.15, -0.1) is 0 Å². The smallest absolute Gasteiger partial charge is 0.164 e. The number of pyridine rings is 1. The first-order chi connectivity index (χ1) is 12.9. The van der Waals surface area contributed by atoms with E-state index in [4.69, 9.17) is 5.10 Å². The lowest BCUT2D eigenvalue weighted by Gasteiger charge is -2.07. The number of benzene rings is 1. The highest BCUT2D eigenvalue weighted by Crippen LogP contribution is 2.28. The van der Waals surface area contributed by atoms with E-state index in [1.807, 2.05) is 18.2 Å². The molecule has 5 rings (SSSR count). The second-order valence-electron chi connectivity index (χ2n) is 6.42. The average molecular weight is 342 g/mol. The standard InChI is InChI=1S/C20H18N6/c1-2-6-14(7-3-1)26-18-10-4-8-15(18)17(25-26)12-22-20-16-9-5-11-21-19(16)23-13-24-20/h1-3,5-7,9,11,13H,4,8,10,12H2,(H,21,22,23,24). The maximum atomic E-state index is 4.89. The summed E-state index contributed by atoms with van der Waals surface area (Å²) in [6, 6.07) is 14.2. The highest BCUT2D eigenvalue weighted by molar-refractivity contribution is 5.85. The number of anilines is 1. The van der Waals surface area contributed by atoms with E-state index in [9.17, 15) is 0 Å². The highest BCUT2D eigenvalue weighted by atomic mass is 15.3. The normalized spacial score (nSPS) is 13.1. The van der Waals surface area contributed by atoms with Crippen molar-refractivity contribution in [3.05, 3.63) is 71.9 Å². The molecule has 4 aromatic rings. The molecule has 0 radical (unpaired) electrons. The lowest BCUT2D eigenvalue weighted by atomic mass is 10.2. The second-order valence-corrected chi connectivity index (χ2v) is 6.42. The van der Waals surface area contributed by atoms with Gasteiger partial charge in [0.2, 0.25) is 0 Å². The summed E-state index contributed by atoms with van der Waals surface area (Å²) in [6.45, 7) is 0.642. The average Bonchev–Trinajstić information content (AvgIpc) is 3.30. The van der Waals surface area contributed by atoms with Crippen LogP contribution in [-0.4, -0.2) is 24.7 Å². The van der Waals surface area contributed by atoms with Crippen LogP contribution in [0, 0.1) is 0 Å². The van der Waals surface area contributed by atoms with Crippen molar-refractivity contribution in [2.75, 3.05) is 5.32 Å². The van der Waals surface area contributed by atoms with E-state index in [0.29, 0.717) is 12.2 Å². The van der Waals surface area contributed by atoms with Crippen LogP contribution in [0.25, 0.3) is 16.7 Å². The maximum Gasteiger partial charge on any atom is 0.164 e. The predicted molar refractivity (Wildman–Crippen MR) is 100 cm³/mol. The van der Waals surface area contributed by atoms with Gasteiger partial charge in [-0.05, 0) is 49.1 Å². The number of nitrogens with zero attached hydrogens (tertiary/aromatic N) is 5. The van der Waals surface area contributed by atoms with Crippen molar-refractivity contribution in [2.45, 2.75) is 25.8 Å². The molecule has 128 valence electrons. The number of hydrogen-bond acceptors (Lipinski definition) is 5. The third-order valence-electron chi connectivity index (χ3n) is 4.85. The monoisotopic (exact) mass is 342 g/mol. The fourth-order valence-electron chi connectivity index (χ4n) is 3.64. The Hall–Kier alpha value is -3.28. The number of fused-ring (bicyclic) bond motifs is 2. The topological polar surface area (TPSA) is 68.5 Å². The molecule has 3 aromatic heterocycles. The molecule has 1 aliphatic carbocycles. The molecule has 26 heavy (non-hydrogen) atoms. The van der Waals surface area contributed by atoms with E-state index in [-0.39, 0.29) is 0 Å². The zero-order valence-electron chi connectivity index (χ0n) is 14.3. The first-order valence-corrected chi connectivity index (χ1v) is 8.85. The van der Waals surface area contributed by atoms with Gasteiger partial charge in [0.05, 0.1) is 23.3 Å². The Balaban J connectivity index is 1.48. The van der Waals surface area contributed by atoms with Gasteiger partial charge in [-0.3, -0.25) is 0 Å².